The summed E-state index contributed by atoms with van der Waals surface area (Å²) >= 11 is 7.63. The zero-order valence-corrected chi connectivity index (χ0v) is 16.4. The molecule has 138 valence electrons. The van der Waals surface area contributed by atoms with E-state index in [0.717, 1.165) is 54.0 Å². The fourth-order valence-electron chi connectivity index (χ4n) is 3.00. The Morgan fingerprint density at radius 3 is 2.62 bits per heavy atom. The summed E-state index contributed by atoms with van der Waals surface area (Å²) in [6.07, 6.45) is 0. The first-order valence-electron chi connectivity index (χ1n) is 8.64. The molecule has 0 aliphatic carbocycles. The second-order valence-electron chi connectivity index (χ2n) is 6.19. The van der Waals surface area contributed by atoms with Crippen LogP contribution in [0, 0.1) is 0 Å². The van der Waals surface area contributed by atoms with E-state index < -0.39 is 0 Å². The van der Waals surface area contributed by atoms with Crippen molar-refractivity contribution in [2.24, 2.45) is 0 Å². The molecule has 26 heavy (non-hydrogen) atoms. The maximum Gasteiger partial charge on any atom is 0.232 e. The number of rotatable bonds is 6. The first-order chi connectivity index (χ1) is 12.7. The van der Waals surface area contributed by atoms with Gasteiger partial charge in [0.25, 0.3) is 0 Å². The van der Waals surface area contributed by atoms with Crippen LogP contribution in [0.3, 0.4) is 0 Å². The molecule has 6 heteroatoms. The normalized spacial score (nSPS) is 14.4. The molecule has 3 rings (SSSR count). The Balaban J connectivity index is 1.44. The Bertz CT molecular complexity index is 748. The number of hydrogen-bond acceptors (Lipinski definition) is 4. The number of carbonyl (C=O) groups is 1. The molecule has 0 saturated carbocycles. The van der Waals surface area contributed by atoms with E-state index in [1.165, 1.54) is 0 Å². The number of ether oxygens (including phenoxy) is 1. The third-order valence-corrected chi connectivity index (χ3v) is 5.66. The monoisotopic (exact) mass is 390 g/mol. The van der Waals surface area contributed by atoms with Crippen molar-refractivity contribution in [3.05, 3.63) is 59.1 Å². The van der Waals surface area contributed by atoms with E-state index in [-0.39, 0.29) is 5.91 Å². The van der Waals surface area contributed by atoms with Crippen LogP contribution in [0.25, 0.3) is 0 Å². The molecule has 0 unspecified atom stereocenters. The van der Waals surface area contributed by atoms with Crippen LogP contribution in [0.1, 0.15) is 5.56 Å². The molecule has 4 nitrogen and oxygen atoms in total. The van der Waals surface area contributed by atoms with Crippen molar-refractivity contribution in [3.63, 3.8) is 0 Å². The largest absolute Gasteiger partial charge is 0.497 e. The number of hydrogen-bond donors (Lipinski definition) is 0. The molecule has 1 heterocycles. The number of methoxy groups -OCH3 is 1. The van der Waals surface area contributed by atoms with Crippen molar-refractivity contribution in [1.82, 2.24) is 4.90 Å². The van der Waals surface area contributed by atoms with Gasteiger partial charge in [-0.15, -0.1) is 11.8 Å². The molecule has 0 N–H and O–H groups in total. The highest BCUT2D eigenvalue weighted by atomic mass is 35.5. The molecule has 2 aromatic carbocycles. The van der Waals surface area contributed by atoms with Crippen LogP contribution in [0.15, 0.2) is 48.5 Å². The Labute approximate surface area is 164 Å². The summed E-state index contributed by atoms with van der Waals surface area (Å²) in [5.74, 6) is 2.38. The fourth-order valence-corrected chi connectivity index (χ4v) is 4.08. The number of amides is 1. The van der Waals surface area contributed by atoms with Gasteiger partial charge in [0.2, 0.25) is 5.91 Å². The zero-order chi connectivity index (χ0) is 18.4. The van der Waals surface area contributed by atoms with Crippen molar-refractivity contribution in [2.75, 3.05) is 43.9 Å². The molecule has 0 spiro atoms. The van der Waals surface area contributed by atoms with Crippen molar-refractivity contribution in [3.8, 4) is 5.75 Å². The number of nitrogens with zero attached hydrogens (tertiary/aromatic N) is 2. The standard InChI is InChI=1S/C20H23ClN2O2S/c1-25-19-7-3-6-18(13-19)22-8-10-23(11-9-22)20(24)15-26-14-16-4-2-5-17(21)12-16/h2-7,12-13H,8-11,14-15H2,1H3. The van der Waals surface area contributed by atoms with Crippen molar-refractivity contribution < 1.29 is 9.53 Å². The third-order valence-electron chi connectivity index (χ3n) is 4.43. The molecule has 1 aliphatic heterocycles. The Hall–Kier alpha value is -1.85. The minimum absolute atomic E-state index is 0.210. The minimum atomic E-state index is 0.210. The van der Waals surface area contributed by atoms with E-state index >= 15 is 0 Å². The molecule has 0 aromatic heterocycles. The molecule has 2 aromatic rings. The zero-order valence-electron chi connectivity index (χ0n) is 14.9. The van der Waals surface area contributed by atoms with Gasteiger partial charge in [0.1, 0.15) is 5.75 Å². The number of benzene rings is 2. The average molecular weight is 391 g/mol. The molecule has 1 fully saturated rings. The second kappa shape index (κ2) is 9.19. The highest BCUT2D eigenvalue weighted by Crippen LogP contribution is 2.22. The van der Waals surface area contributed by atoms with E-state index in [1.54, 1.807) is 18.9 Å². The average Bonchev–Trinajstić information content (AvgIpc) is 2.68. The SMILES string of the molecule is COc1cccc(N2CCN(C(=O)CSCc3cccc(Cl)c3)CC2)c1. The molecule has 1 saturated heterocycles. The van der Waals surface area contributed by atoms with Crippen LogP contribution < -0.4 is 9.64 Å². The van der Waals surface area contributed by atoms with Crippen LogP contribution in [0.2, 0.25) is 5.02 Å². The Morgan fingerprint density at radius 2 is 1.88 bits per heavy atom. The van der Waals surface area contributed by atoms with Gasteiger partial charge in [0.05, 0.1) is 12.9 Å². The van der Waals surface area contributed by atoms with Gasteiger partial charge in [-0.05, 0) is 29.8 Å². The summed E-state index contributed by atoms with van der Waals surface area (Å²) in [6.45, 7) is 3.21. The van der Waals surface area contributed by atoms with Gasteiger partial charge in [-0.25, -0.2) is 0 Å². The second-order valence-corrected chi connectivity index (χ2v) is 7.61. The maximum absolute atomic E-state index is 12.4. The summed E-state index contributed by atoms with van der Waals surface area (Å²) in [5.41, 5.74) is 2.30. The molecule has 1 amide bonds. The molecular weight excluding hydrogens is 368 g/mol. The summed E-state index contributed by atoms with van der Waals surface area (Å²) in [5, 5.41) is 0.739. The number of anilines is 1. The van der Waals surface area contributed by atoms with E-state index in [0.29, 0.717) is 5.75 Å². The van der Waals surface area contributed by atoms with Gasteiger partial charge < -0.3 is 14.5 Å². The first kappa shape index (κ1) is 18.9. The summed E-state index contributed by atoms with van der Waals surface area (Å²) in [6, 6.07) is 15.9. The molecule has 1 aliphatic rings. The van der Waals surface area contributed by atoms with Crippen LogP contribution >= 0.6 is 23.4 Å². The Kier molecular flexibility index (Phi) is 6.69. The lowest BCUT2D eigenvalue weighted by molar-refractivity contribution is -0.128. The predicted molar refractivity (Wildman–Crippen MR) is 109 cm³/mol. The number of halogens is 1. The Morgan fingerprint density at radius 1 is 1.12 bits per heavy atom. The van der Waals surface area contributed by atoms with Crippen LogP contribution in [0.5, 0.6) is 5.75 Å². The van der Waals surface area contributed by atoms with Gasteiger partial charge in [-0.3, -0.25) is 4.79 Å². The van der Waals surface area contributed by atoms with Crippen LogP contribution in [-0.2, 0) is 10.5 Å². The van der Waals surface area contributed by atoms with Gasteiger partial charge in [-0.2, -0.15) is 0 Å². The van der Waals surface area contributed by atoms with E-state index in [4.69, 9.17) is 16.3 Å². The minimum Gasteiger partial charge on any atom is -0.497 e. The van der Waals surface area contributed by atoms with Gasteiger partial charge >= 0.3 is 0 Å². The molecule has 0 atom stereocenters. The predicted octanol–water partition coefficient (Wildman–Crippen LogP) is 3.93. The lowest BCUT2D eigenvalue weighted by atomic mass is 10.2. The number of carbonyl (C=O) groups excluding carboxylic acids is 1. The van der Waals surface area contributed by atoms with Gasteiger partial charge in [-0.1, -0.05) is 29.8 Å². The van der Waals surface area contributed by atoms with Crippen molar-refractivity contribution in [1.29, 1.82) is 0 Å². The van der Waals surface area contributed by atoms with Gasteiger partial charge in [0.15, 0.2) is 0 Å². The summed E-state index contributed by atoms with van der Waals surface area (Å²) < 4.78 is 5.29. The topological polar surface area (TPSA) is 32.8 Å². The maximum atomic E-state index is 12.4. The quantitative estimate of drug-likeness (QED) is 0.748. The van der Waals surface area contributed by atoms with E-state index in [1.807, 2.05) is 47.4 Å². The molecule has 0 bridgehead atoms. The number of thioether (sulfide) groups is 1. The fraction of sp³-hybridized carbons (Fsp3) is 0.350. The van der Waals surface area contributed by atoms with Crippen LogP contribution in [0.4, 0.5) is 5.69 Å². The highest BCUT2D eigenvalue weighted by molar-refractivity contribution is 7.99. The summed E-state index contributed by atoms with van der Waals surface area (Å²) in [4.78, 5) is 16.7. The number of piperazine rings is 1. The lowest BCUT2D eigenvalue weighted by Crippen LogP contribution is -2.49. The summed E-state index contributed by atoms with van der Waals surface area (Å²) in [7, 11) is 1.68. The molecule has 0 radical (unpaired) electrons. The smallest absolute Gasteiger partial charge is 0.232 e. The van der Waals surface area contributed by atoms with Gasteiger partial charge in [0, 0.05) is 48.7 Å². The van der Waals surface area contributed by atoms with Crippen molar-refractivity contribution in [2.45, 2.75) is 5.75 Å². The van der Waals surface area contributed by atoms with E-state index in [9.17, 15) is 4.79 Å². The molecular formula is C20H23ClN2O2S. The van der Waals surface area contributed by atoms with Crippen molar-refractivity contribution >= 4 is 35.0 Å². The lowest BCUT2D eigenvalue weighted by Gasteiger charge is -2.36. The van der Waals surface area contributed by atoms with E-state index in [2.05, 4.69) is 11.0 Å². The highest BCUT2D eigenvalue weighted by Gasteiger charge is 2.21. The first-order valence-corrected chi connectivity index (χ1v) is 10.2. The van der Waals surface area contributed by atoms with Crippen LogP contribution in [-0.4, -0.2) is 49.8 Å². The third kappa shape index (κ3) is 5.08.